The molecule has 2 rings (SSSR count). The monoisotopic (exact) mass is 305 g/mol. The van der Waals surface area contributed by atoms with Crippen LogP contribution in [0.5, 0.6) is 0 Å². The van der Waals surface area contributed by atoms with Gasteiger partial charge in [0.05, 0.1) is 6.04 Å². The van der Waals surface area contributed by atoms with E-state index in [0.29, 0.717) is 11.7 Å². The maximum absolute atomic E-state index is 12.6. The van der Waals surface area contributed by atoms with E-state index in [2.05, 4.69) is 35.6 Å². The summed E-state index contributed by atoms with van der Waals surface area (Å²) in [6.45, 7) is 10.3. The first-order chi connectivity index (χ1) is 9.80. The summed E-state index contributed by atoms with van der Waals surface area (Å²) in [7, 11) is 0. The van der Waals surface area contributed by atoms with E-state index in [1.54, 1.807) is 28.3 Å². The molecular formula is C16H23N3OS. The first-order valence-electron chi connectivity index (χ1n) is 7.19. The molecule has 0 aliphatic rings. The average Bonchev–Trinajstić information content (AvgIpc) is 2.89. The number of anilines is 1. The van der Waals surface area contributed by atoms with E-state index >= 15 is 0 Å². The summed E-state index contributed by atoms with van der Waals surface area (Å²) in [4.78, 5) is 18.0. The topological polar surface area (TPSA) is 46.9 Å². The van der Waals surface area contributed by atoms with Crippen LogP contribution in [0.25, 0.3) is 0 Å². The van der Waals surface area contributed by atoms with Gasteiger partial charge in [0.15, 0.2) is 5.82 Å². The highest BCUT2D eigenvalue weighted by molar-refractivity contribution is 7.10. The molecule has 0 radical (unpaired) electrons. The molecule has 2 aromatic rings. The molecule has 0 bridgehead atoms. The van der Waals surface area contributed by atoms with Gasteiger partial charge in [-0.25, -0.2) is 4.98 Å². The van der Waals surface area contributed by atoms with E-state index in [9.17, 15) is 4.79 Å². The first-order valence-corrected chi connectivity index (χ1v) is 8.06. The van der Waals surface area contributed by atoms with Gasteiger partial charge in [-0.2, -0.15) is 0 Å². The number of nitrogens with zero attached hydrogens (tertiary/aromatic N) is 2. The third kappa shape index (κ3) is 3.53. The number of nitrogens with one attached hydrogen (secondary N) is 1. The van der Waals surface area contributed by atoms with E-state index in [4.69, 9.17) is 0 Å². The Balaban J connectivity index is 2.37. The van der Waals surface area contributed by atoms with Crippen molar-refractivity contribution >= 4 is 17.2 Å². The van der Waals surface area contributed by atoms with Crippen LogP contribution in [0, 0.1) is 5.92 Å². The van der Waals surface area contributed by atoms with Gasteiger partial charge in [0.2, 0.25) is 0 Å². The van der Waals surface area contributed by atoms with Crippen LogP contribution >= 0.6 is 11.3 Å². The molecule has 0 spiro atoms. The Kier molecular flexibility index (Phi) is 4.52. The Labute approximate surface area is 129 Å². The van der Waals surface area contributed by atoms with Crippen molar-refractivity contribution in [3.05, 3.63) is 45.1 Å². The Hall–Kier alpha value is -1.62. The summed E-state index contributed by atoms with van der Waals surface area (Å²) in [6.07, 6.45) is 3.42. The van der Waals surface area contributed by atoms with Gasteiger partial charge in [0, 0.05) is 22.8 Å². The molecule has 0 saturated heterocycles. The minimum absolute atomic E-state index is 0.0767. The Morgan fingerprint density at radius 3 is 2.57 bits per heavy atom. The van der Waals surface area contributed by atoms with E-state index in [1.807, 2.05) is 26.8 Å². The maximum Gasteiger partial charge on any atom is 0.293 e. The molecule has 0 saturated carbocycles. The molecule has 0 amide bonds. The summed E-state index contributed by atoms with van der Waals surface area (Å²) < 4.78 is 1.72. The summed E-state index contributed by atoms with van der Waals surface area (Å²) in [5.41, 5.74) is -0.334. The van der Waals surface area contributed by atoms with E-state index < -0.39 is 0 Å². The molecular weight excluding hydrogens is 282 g/mol. The highest BCUT2D eigenvalue weighted by Crippen LogP contribution is 2.28. The molecule has 1 N–H and O–H groups in total. The van der Waals surface area contributed by atoms with Crippen LogP contribution in [-0.2, 0) is 5.54 Å². The zero-order chi connectivity index (χ0) is 15.6. The molecule has 4 nitrogen and oxygen atoms in total. The lowest BCUT2D eigenvalue weighted by atomic mass is 10.0. The normalized spacial score (nSPS) is 13.4. The second kappa shape index (κ2) is 6.02. The highest BCUT2D eigenvalue weighted by Gasteiger charge is 2.21. The number of rotatable bonds is 4. The van der Waals surface area contributed by atoms with E-state index in [0.717, 1.165) is 0 Å². The predicted molar refractivity (Wildman–Crippen MR) is 89.0 cm³/mol. The predicted octanol–water partition coefficient (Wildman–Crippen LogP) is 3.87. The molecule has 2 heterocycles. The molecule has 1 unspecified atom stereocenters. The Morgan fingerprint density at radius 2 is 2.05 bits per heavy atom. The maximum atomic E-state index is 12.6. The van der Waals surface area contributed by atoms with Crippen molar-refractivity contribution in [3.63, 3.8) is 0 Å². The minimum Gasteiger partial charge on any atom is -0.358 e. The summed E-state index contributed by atoms with van der Waals surface area (Å²) in [5, 5.41) is 5.38. The minimum atomic E-state index is -0.257. The Bertz CT molecular complexity index is 638. The SMILES string of the molecule is CC(C)C(Nc1nccn(C(C)(C)C)c1=O)c1cccs1. The van der Waals surface area contributed by atoms with Gasteiger partial charge in [0.25, 0.3) is 5.56 Å². The van der Waals surface area contributed by atoms with Crippen LogP contribution in [0.3, 0.4) is 0 Å². The average molecular weight is 305 g/mol. The number of hydrogen-bond donors (Lipinski definition) is 1. The van der Waals surface area contributed by atoms with Crippen LogP contribution < -0.4 is 10.9 Å². The van der Waals surface area contributed by atoms with E-state index in [-0.39, 0.29) is 17.1 Å². The Morgan fingerprint density at radius 1 is 1.33 bits per heavy atom. The second-order valence-corrected chi connectivity index (χ2v) is 7.48. The van der Waals surface area contributed by atoms with Gasteiger partial charge in [-0.15, -0.1) is 11.3 Å². The fourth-order valence-corrected chi connectivity index (χ4v) is 3.17. The molecule has 5 heteroatoms. The van der Waals surface area contributed by atoms with Crippen molar-refractivity contribution < 1.29 is 0 Å². The van der Waals surface area contributed by atoms with Crippen molar-refractivity contribution in [2.75, 3.05) is 5.32 Å². The zero-order valence-electron chi connectivity index (χ0n) is 13.3. The number of hydrogen-bond acceptors (Lipinski definition) is 4. The molecule has 0 fully saturated rings. The number of aromatic nitrogens is 2. The largest absolute Gasteiger partial charge is 0.358 e. The van der Waals surface area contributed by atoms with E-state index in [1.165, 1.54) is 4.88 Å². The van der Waals surface area contributed by atoms with Gasteiger partial charge < -0.3 is 9.88 Å². The molecule has 114 valence electrons. The lowest BCUT2D eigenvalue weighted by molar-refractivity contribution is 0.382. The molecule has 21 heavy (non-hydrogen) atoms. The third-order valence-electron chi connectivity index (χ3n) is 3.37. The van der Waals surface area contributed by atoms with Gasteiger partial charge >= 0.3 is 0 Å². The smallest absolute Gasteiger partial charge is 0.293 e. The van der Waals surface area contributed by atoms with Crippen molar-refractivity contribution in [3.8, 4) is 0 Å². The van der Waals surface area contributed by atoms with Crippen molar-refractivity contribution in [2.24, 2.45) is 5.92 Å². The summed E-state index contributed by atoms with van der Waals surface area (Å²) in [5.74, 6) is 0.785. The molecule has 0 aliphatic carbocycles. The lowest BCUT2D eigenvalue weighted by Crippen LogP contribution is -2.36. The van der Waals surface area contributed by atoms with Crippen LogP contribution in [-0.4, -0.2) is 9.55 Å². The van der Waals surface area contributed by atoms with Gasteiger partial charge in [0.1, 0.15) is 0 Å². The molecule has 0 aromatic carbocycles. The summed E-state index contributed by atoms with van der Waals surface area (Å²) >= 11 is 1.70. The molecule has 2 aromatic heterocycles. The van der Waals surface area contributed by atoms with Gasteiger partial charge in [-0.1, -0.05) is 19.9 Å². The van der Waals surface area contributed by atoms with Gasteiger partial charge in [-0.05, 0) is 38.1 Å². The van der Waals surface area contributed by atoms with Crippen molar-refractivity contribution in [1.29, 1.82) is 0 Å². The second-order valence-electron chi connectivity index (χ2n) is 6.50. The van der Waals surface area contributed by atoms with Crippen LogP contribution in [0.4, 0.5) is 5.82 Å². The standard InChI is InChI=1S/C16H23N3OS/c1-11(2)13(12-7-6-10-21-12)18-14-15(20)19(9-8-17-14)16(3,4)5/h6-11,13H,1-5H3,(H,17,18). The number of thiophene rings is 1. The quantitative estimate of drug-likeness (QED) is 0.932. The fourth-order valence-electron chi connectivity index (χ4n) is 2.22. The highest BCUT2D eigenvalue weighted by atomic mass is 32.1. The summed E-state index contributed by atoms with van der Waals surface area (Å²) in [6, 6.07) is 4.22. The van der Waals surface area contributed by atoms with Crippen LogP contribution in [0.15, 0.2) is 34.7 Å². The molecule has 0 aliphatic heterocycles. The van der Waals surface area contributed by atoms with Crippen LogP contribution in [0.1, 0.15) is 45.5 Å². The third-order valence-corrected chi connectivity index (χ3v) is 4.33. The van der Waals surface area contributed by atoms with Crippen molar-refractivity contribution in [2.45, 2.75) is 46.2 Å². The van der Waals surface area contributed by atoms with Crippen molar-refractivity contribution in [1.82, 2.24) is 9.55 Å². The van der Waals surface area contributed by atoms with Gasteiger partial charge in [-0.3, -0.25) is 4.79 Å². The lowest BCUT2D eigenvalue weighted by Gasteiger charge is -2.25. The molecule has 1 atom stereocenters. The first kappa shape index (κ1) is 15.8. The van der Waals surface area contributed by atoms with Crippen LogP contribution in [0.2, 0.25) is 0 Å². The fraction of sp³-hybridized carbons (Fsp3) is 0.500. The zero-order valence-corrected chi connectivity index (χ0v) is 14.1.